The van der Waals surface area contributed by atoms with Crippen LogP contribution in [-0.2, 0) is 13.0 Å². The van der Waals surface area contributed by atoms with Crippen LogP contribution in [0.3, 0.4) is 0 Å². The Labute approximate surface area is 168 Å². The molecule has 3 heterocycles. The molecule has 0 fully saturated rings. The quantitative estimate of drug-likeness (QED) is 0.411. The molecule has 3 aromatic heterocycles. The normalized spacial score (nSPS) is 12.6. The number of nitrogens with one attached hydrogen (secondary N) is 1. The predicted molar refractivity (Wildman–Crippen MR) is 106 cm³/mol. The van der Waals surface area contributed by atoms with Gasteiger partial charge in [-0.2, -0.15) is 13.2 Å². The third-order valence-corrected chi connectivity index (χ3v) is 4.98. The van der Waals surface area contributed by atoms with Crippen molar-refractivity contribution < 1.29 is 17.6 Å². The third-order valence-electron chi connectivity index (χ3n) is 3.91. The molecule has 3 aromatic rings. The van der Waals surface area contributed by atoms with Gasteiger partial charge in [-0.25, -0.2) is 4.98 Å². The van der Waals surface area contributed by atoms with Gasteiger partial charge in [0.1, 0.15) is 16.4 Å². The van der Waals surface area contributed by atoms with Gasteiger partial charge in [0.15, 0.2) is 5.58 Å². The van der Waals surface area contributed by atoms with Gasteiger partial charge in [0.25, 0.3) is 0 Å². The Hall–Kier alpha value is -2.21. The molecule has 0 bridgehead atoms. The number of pyridine rings is 1. The van der Waals surface area contributed by atoms with Crippen LogP contribution in [-0.4, -0.2) is 17.2 Å². The van der Waals surface area contributed by atoms with Crippen molar-refractivity contribution in [3.63, 3.8) is 0 Å². The third kappa shape index (κ3) is 4.98. The maximum absolute atomic E-state index is 12.6. The van der Waals surface area contributed by atoms with Crippen LogP contribution in [0, 0.1) is 11.8 Å². The number of aromatic nitrogens is 1. The molecule has 0 aliphatic rings. The number of thiophene rings is 1. The Morgan fingerprint density at radius 3 is 2.86 bits per heavy atom. The second-order valence-corrected chi connectivity index (χ2v) is 7.58. The summed E-state index contributed by atoms with van der Waals surface area (Å²) < 4.78 is 43.8. The van der Waals surface area contributed by atoms with Crippen LogP contribution in [0.1, 0.15) is 29.5 Å². The van der Waals surface area contributed by atoms with Gasteiger partial charge in [-0.1, -0.05) is 23.6 Å². The first-order valence-corrected chi connectivity index (χ1v) is 9.66. The van der Waals surface area contributed by atoms with E-state index < -0.39 is 18.6 Å². The van der Waals surface area contributed by atoms with E-state index in [4.69, 9.17) is 21.8 Å². The first-order valence-electron chi connectivity index (χ1n) is 8.40. The number of rotatable bonds is 6. The van der Waals surface area contributed by atoms with E-state index in [-0.39, 0.29) is 17.3 Å². The van der Waals surface area contributed by atoms with Gasteiger partial charge in [-0.3, -0.25) is 0 Å². The van der Waals surface area contributed by atoms with Gasteiger partial charge in [0.05, 0.1) is 17.7 Å². The van der Waals surface area contributed by atoms with Crippen molar-refractivity contribution in [3.8, 4) is 11.8 Å². The Bertz CT molecular complexity index is 1020. The van der Waals surface area contributed by atoms with E-state index in [0.717, 1.165) is 4.88 Å². The number of alkyl halides is 3. The smallest absolute Gasteiger partial charge is 0.390 e. The molecular weight excluding hydrogens is 411 g/mol. The van der Waals surface area contributed by atoms with Crippen molar-refractivity contribution in [2.75, 3.05) is 5.32 Å². The molecular formula is C19H17ClF3N3OS. The molecule has 0 spiro atoms. The van der Waals surface area contributed by atoms with E-state index in [9.17, 15) is 13.2 Å². The van der Waals surface area contributed by atoms with E-state index in [1.165, 1.54) is 0 Å². The summed E-state index contributed by atoms with van der Waals surface area (Å²) in [6.45, 7) is 2.17. The average Bonchev–Trinajstić information content (AvgIpc) is 3.21. The number of nitrogens with two attached hydrogens (primary N) is 1. The predicted octanol–water partition coefficient (Wildman–Crippen LogP) is 5.35. The highest BCUT2D eigenvalue weighted by atomic mass is 35.5. The number of halogens is 4. The molecule has 3 N–H and O–H groups in total. The van der Waals surface area contributed by atoms with Gasteiger partial charge < -0.3 is 15.5 Å². The molecule has 0 radical (unpaired) electrons. The Morgan fingerprint density at radius 1 is 1.43 bits per heavy atom. The minimum Gasteiger partial charge on any atom is -0.456 e. The summed E-state index contributed by atoms with van der Waals surface area (Å²) in [7, 11) is 0. The second-order valence-electron chi connectivity index (χ2n) is 6.16. The highest BCUT2D eigenvalue weighted by molar-refractivity contribution is 7.09. The minimum absolute atomic E-state index is 0.109. The zero-order valence-electron chi connectivity index (χ0n) is 14.9. The van der Waals surface area contributed by atoms with Crippen molar-refractivity contribution in [3.05, 3.63) is 44.9 Å². The molecule has 4 nitrogen and oxygen atoms in total. The first-order chi connectivity index (χ1) is 13.3. The lowest BCUT2D eigenvalue weighted by Crippen LogP contribution is -2.29. The van der Waals surface area contributed by atoms with Gasteiger partial charge in [0.2, 0.25) is 0 Å². The molecule has 148 valence electrons. The van der Waals surface area contributed by atoms with Gasteiger partial charge in [-0.05, 0) is 18.4 Å². The minimum atomic E-state index is -4.35. The molecule has 0 aliphatic heterocycles. The Balaban J connectivity index is 1.98. The first kappa shape index (κ1) is 20.5. The lowest BCUT2D eigenvalue weighted by atomic mass is 10.1. The molecule has 9 heteroatoms. The fourth-order valence-electron chi connectivity index (χ4n) is 2.81. The topological polar surface area (TPSA) is 64.1 Å². The number of fused-ring (bicyclic) bond motifs is 1. The van der Waals surface area contributed by atoms with E-state index in [2.05, 4.69) is 22.1 Å². The van der Waals surface area contributed by atoms with E-state index in [1.807, 2.05) is 17.5 Å². The monoisotopic (exact) mass is 427 g/mol. The van der Waals surface area contributed by atoms with Crippen LogP contribution in [0.15, 0.2) is 28.0 Å². The summed E-state index contributed by atoms with van der Waals surface area (Å²) in [5, 5.41) is 5.43. The van der Waals surface area contributed by atoms with Crippen LogP contribution in [0.25, 0.3) is 11.1 Å². The number of hydrogen-bond acceptors (Lipinski definition) is 5. The summed E-state index contributed by atoms with van der Waals surface area (Å²) in [5.41, 5.74) is 7.49. The van der Waals surface area contributed by atoms with Gasteiger partial charge in [0, 0.05) is 30.0 Å². The molecule has 0 aromatic carbocycles. The highest BCUT2D eigenvalue weighted by Gasteiger charge is 2.31. The van der Waals surface area contributed by atoms with Crippen molar-refractivity contribution in [2.24, 2.45) is 5.73 Å². The zero-order chi connectivity index (χ0) is 20.3. The second kappa shape index (κ2) is 8.43. The maximum atomic E-state index is 12.6. The van der Waals surface area contributed by atoms with Crippen molar-refractivity contribution in [1.29, 1.82) is 0 Å². The van der Waals surface area contributed by atoms with Crippen LogP contribution < -0.4 is 11.1 Å². The number of furan rings is 1. The Morgan fingerprint density at radius 2 is 2.21 bits per heavy atom. The van der Waals surface area contributed by atoms with Crippen LogP contribution >= 0.6 is 22.9 Å². The molecule has 0 saturated carbocycles. The summed E-state index contributed by atoms with van der Waals surface area (Å²) in [4.78, 5) is 5.38. The van der Waals surface area contributed by atoms with Crippen LogP contribution in [0.2, 0.25) is 5.15 Å². The highest BCUT2D eigenvalue weighted by Crippen LogP contribution is 2.33. The van der Waals surface area contributed by atoms with Gasteiger partial charge in [-0.15, -0.1) is 17.3 Å². The van der Waals surface area contributed by atoms with Crippen LogP contribution in [0.5, 0.6) is 0 Å². The number of nitrogens with zero attached hydrogens (tertiary/aromatic N) is 1. The lowest BCUT2D eigenvalue weighted by Gasteiger charge is -2.12. The SMILES string of the molecule is CC#Cc1c(C[C@@H](N)CC(F)(F)F)oc2c(NCc3cccs3)cc(Cl)nc12. The molecule has 0 aliphatic carbocycles. The standard InChI is InChI=1S/C19H17ClF3N3OS/c1-2-4-13-15(7-11(24)9-19(21,22)23)27-18-14(8-16(20)26-17(13)18)25-10-12-5-3-6-28-12/h3,5-6,8,11H,7,9-10,24H2,1H3,(H,25,26)/t11-/m1/s1. The summed E-state index contributed by atoms with van der Waals surface area (Å²) in [5.74, 6) is 5.88. The fourth-order valence-corrected chi connectivity index (χ4v) is 3.65. The Kier molecular flexibility index (Phi) is 6.18. The van der Waals surface area contributed by atoms with Crippen molar-refractivity contribution in [2.45, 2.75) is 38.5 Å². The lowest BCUT2D eigenvalue weighted by molar-refractivity contribution is -0.138. The maximum Gasteiger partial charge on any atom is 0.390 e. The van der Waals surface area contributed by atoms with Crippen molar-refractivity contribution >= 4 is 39.7 Å². The summed E-state index contributed by atoms with van der Waals surface area (Å²) in [6, 6.07) is 4.40. The number of anilines is 1. The van der Waals surface area contributed by atoms with Gasteiger partial charge >= 0.3 is 6.18 Å². The summed E-state index contributed by atoms with van der Waals surface area (Å²) >= 11 is 7.74. The van der Waals surface area contributed by atoms with Crippen LogP contribution in [0.4, 0.5) is 18.9 Å². The largest absolute Gasteiger partial charge is 0.456 e. The van der Waals surface area contributed by atoms with E-state index >= 15 is 0 Å². The molecule has 1 atom stereocenters. The number of hydrogen-bond donors (Lipinski definition) is 2. The summed E-state index contributed by atoms with van der Waals surface area (Å²) in [6.07, 6.45) is -5.57. The molecule has 0 unspecified atom stereocenters. The molecule has 3 rings (SSSR count). The van der Waals surface area contributed by atoms with E-state index in [1.54, 1.807) is 24.3 Å². The van der Waals surface area contributed by atoms with E-state index in [0.29, 0.717) is 28.9 Å². The average molecular weight is 428 g/mol. The fraction of sp³-hybridized carbons (Fsp3) is 0.316. The molecule has 0 saturated heterocycles. The van der Waals surface area contributed by atoms with Crippen molar-refractivity contribution in [1.82, 2.24) is 4.98 Å². The molecule has 0 amide bonds. The molecule has 28 heavy (non-hydrogen) atoms. The zero-order valence-corrected chi connectivity index (χ0v) is 16.4.